The summed E-state index contributed by atoms with van der Waals surface area (Å²) < 4.78 is 0.794. The van der Waals surface area contributed by atoms with Crippen molar-refractivity contribution in [2.24, 2.45) is 0 Å². The lowest BCUT2D eigenvalue weighted by Gasteiger charge is -1.90. The van der Waals surface area contributed by atoms with E-state index in [4.69, 9.17) is 11.6 Å². The molecule has 60 valence electrons. The number of thiophene rings is 1. The van der Waals surface area contributed by atoms with Crippen molar-refractivity contribution >= 4 is 29.0 Å². The molecule has 0 spiro atoms. The van der Waals surface area contributed by atoms with E-state index in [1.54, 1.807) is 13.3 Å². The Hall–Kier alpha value is -0.510. The first kappa shape index (κ1) is 8.59. The first-order chi connectivity index (χ1) is 5.33. The summed E-state index contributed by atoms with van der Waals surface area (Å²) in [5, 5.41) is 0. The minimum absolute atomic E-state index is 0.794. The van der Waals surface area contributed by atoms with Gasteiger partial charge in [-0.3, -0.25) is 10.3 Å². The molecule has 0 saturated carbocycles. The zero-order valence-electron chi connectivity index (χ0n) is 6.00. The maximum atomic E-state index is 5.71. The number of rotatable bonds is 3. The van der Waals surface area contributed by atoms with Crippen molar-refractivity contribution in [2.75, 3.05) is 7.11 Å². The van der Waals surface area contributed by atoms with Crippen LogP contribution in [-0.2, 0) is 4.84 Å². The summed E-state index contributed by atoms with van der Waals surface area (Å²) in [5.41, 5.74) is 2.59. The highest BCUT2D eigenvalue weighted by Gasteiger charge is 1.91. The molecular formula is C7H8ClNOS. The number of nitrogens with one attached hydrogen (secondary N) is 1. The monoisotopic (exact) mass is 189 g/mol. The predicted octanol–water partition coefficient (Wildman–Crippen LogP) is 2.52. The maximum absolute atomic E-state index is 5.71. The quantitative estimate of drug-likeness (QED) is 0.738. The van der Waals surface area contributed by atoms with Gasteiger partial charge in [-0.15, -0.1) is 11.3 Å². The van der Waals surface area contributed by atoms with Gasteiger partial charge in [-0.05, 0) is 18.2 Å². The molecule has 11 heavy (non-hydrogen) atoms. The van der Waals surface area contributed by atoms with E-state index in [-0.39, 0.29) is 0 Å². The van der Waals surface area contributed by atoms with Gasteiger partial charge in [0.15, 0.2) is 0 Å². The van der Waals surface area contributed by atoms with E-state index in [0.717, 1.165) is 9.21 Å². The normalized spacial score (nSPS) is 10.7. The first-order valence-electron chi connectivity index (χ1n) is 3.03. The van der Waals surface area contributed by atoms with Crippen LogP contribution in [0.25, 0.3) is 6.08 Å². The Morgan fingerprint density at radius 2 is 2.45 bits per heavy atom. The number of hydrogen-bond donors (Lipinski definition) is 1. The summed E-state index contributed by atoms with van der Waals surface area (Å²) in [7, 11) is 1.56. The first-order valence-corrected chi connectivity index (χ1v) is 4.23. The van der Waals surface area contributed by atoms with Crippen molar-refractivity contribution in [3.63, 3.8) is 0 Å². The van der Waals surface area contributed by atoms with Crippen LogP contribution in [0.3, 0.4) is 0 Å². The molecule has 1 N–H and O–H groups in total. The van der Waals surface area contributed by atoms with Gasteiger partial charge in [0.2, 0.25) is 0 Å². The molecule has 0 amide bonds. The van der Waals surface area contributed by atoms with Crippen LogP contribution in [0.15, 0.2) is 18.3 Å². The fourth-order valence-electron chi connectivity index (χ4n) is 0.602. The van der Waals surface area contributed by atoms with E-state index >= 15 is 0 Å². The van der Waals surface area contributed by atoms with Crippen LogP contribution in [0.2, 0.25) is 4.34 Å². The Morgan fingerprint density at radius 1 is 1.64 bits per heavy atom. The average Bonchev–Trinajstić information content (AvgIpc) is 2.37. The van der Waals surface area contributed by atoms with E-state index in [1.165, 1.54) is 11.3 Å². The number of hydrogen-bond acceptors (Lipinski definition) is 3. The topological polar surface area (TPSA) is 21.3 Å². The Balaban J connectivity index is 2.50. The van der Waals surface area contributed by atoms with Gasteiger partial charge in [-0.2, -0.15) is 0 Å². The van der Waals surface area contributed by atoms with E-state index in [9.17, 15) is 0 Å². The largest absolute Gasteiger partial charge is 0.280 e. The fourth-order valence-corrected chi connectivity index (χ4v) is 1.57. The number of halogens is 1. The molecule has 1 aromatic rings. The molecule has 2 nitrogen and oxygen atoms in total. The minimum atomic E-state index is 0.794. The molecule has 0 atom stereocenters. The second-order valence-electron chi connectivity index (χ2n) is 1.80. The Morgan fingerprint density at radius 3 is 3.00 bits per heavy atom. The van der Waals surface area contributed by atoms with Gasteiger partial charge in [-0.25, -0.2) is 0 Å². The van der Waals surface area contributed by atoms with Crippen LogP contribution < -0.4 is 5.48 Å². The molecule has 1 rings (SSSR count). The summed E-state index contributed by atoms with van der Waals surface area (Å²) >= 11 is 7.23. The molecule has 0 saturated heterocycles. The Kier molecular flexibility index (Phi) is 3.42. The van der Waals surface area contributed by atoms with Crippen molar-refractivity contribution in [1.29, 1.82) is 0 Å². The zero-order valence-corrected chi connectivity index (χ0v) is 7.58. The van der Waals surface area contributed by atoms with Crippen LogP contribution in [0, 0.1) is 0 Å². The molecule has 0 unspecified atom stereocenters. The van der Waals surface area contributed by atoms with Gasteiger partial charge in [0, 0.05) is 11.1 Å². The highest BCUT2D eigenvalue weighted by atomic mass is 35.5. The zero-order chi connectivity index (χ0) is 8.10. The van der Waals surface area contributed by atoms with E-state index in [0.29, 0.717) is 0 Å². The molecule has 0 fully saturated rings. The highest BCUT2D eigenvalue weighted by molar-refractivity contribution is 7.16. The third-order valence-corrected chi connectivity index (χ3v) is 2.22. The molecule has 0 radical (unpaired) electrons. The average molecular weight is 190 g/mol. The van der Waals surface area contributed by atoms with Crippen molar-refractivity contribution in [3.8, 4) is 0 Å². The van der Waals surface area contributed by atoms with E-state index < -0.39 is 0 Å². The number of hydroxylamine groups is 1. The van der Waals surface area contributed by atoms with Gasteiger partial charge in [0.1, 0.15) is 0 Å². The molecule has 0 aromatic carbocycles. The van der Waals surface area contributed by atoms with Crippen LogP contribution in [0.5, 0.6) is 0 Å². The van der Waals surface area contributed by atoms with Gasteiger partial charge in [0.05, 0.1) is 11.4 Å². The van der Waals surface area contributed by atoms with Gasteiger partial charge in [-0.1, -0.05) is 11.6 Å². The Labute approximate surface area is 74.4 Å². The van der Waals surface area contributed by atoms with Crippen molar-refractivity contribution in [2.45, 2.75) is 0 Å². The summed E-state index contributed by atoms with van der Waals surface area (Å²) in [6.45, 7) is 0. The second kappa shape index (κ2) is 4.38. The lowest BCUT2D eigenvalue weighted by molar-refractivity contribution is 0.129. The van der Waals surface area contributed by atoms with Crippen molar-refractivity contribution < 1.29 is 4.84 Å². The molecular weight excluding hydrogens is 182 g/mol. The van der Waals surface area contributed by atoms with E-state index in [1.807, 2.05) is 18.2 Å². The van der Waals surface area contributed by atoms with Gasteiger partial charge < -0.3 is 0 Å². The maximum Gasteiger partial charge on any atom is 0.0934 e. The molecule has 0 bridgehead atoms. The predicted molar refractivity (Wildman–Crippen MR) is 48.5 cm³/mol. The second-order valence-corrected chi connectivity index (χ2v) is 3.54. The summed E-state index contributed by atoms with van der Waals surface area (Å²) in [6, 6.07) is 3.81. The Bertz CT molecular complexity index is 246. The summed E-state index contributed by atoms with van der Waals surface area (Å²) in [6.07, 6.45) is 3.60. The lowest BCUT2D eigenvalue weighted by atomic mass is 10.5. The molecule has 1 aromatic heterocycles. The van der Waals surface area contributed by atoms with Crippen molar-refractivity contribution in [3.05, 3.63) is 27.5 Å². The minimum Gasteiger partial charge on any atom is -0.280 e. The van der Waals surface area contributed by atoms with E-state index in [2.05, 4.69) is 10.3 Å². The molecule has 1 heterocycles. The SMILES string of the molecule is CONC=Cc1ccc(Cl)s1. The highest BCUT2D eigenvalue weighted by Crippen LogP contribution is 2.21. The van der Waals surface area contributed by atoms with Gasteiger partial charge >= 0.3 is 0 Å². The third-order valence-electron chi connectivity index (χ3n) is 1.03. The lowest BCUT2D eigenvalue weighted by Crippen LogP contribution is -1.99. The third kappa shape index (κ3) is 2.93. The molecule has 0 aliphatic rings. The molecule has 4 heteroatoms. The standard InChI is InChI=1S/C7H8ClNOS/c1-10-9-5-4-6-2-3-7(8)11-6/h2-5,9H,1H3. The molecule has 0 aliphatic carbocycles. The van der Waals surface area contributed by atoms with Gasteiger partial charge in [0.25, 0.3) is 0 Å². The molecule has 0 aliphatic heterocycles. The van der Waals surface area contributed by atoms with Crippen molar-refractivity contribution in [1.82, 2.24) is 5.48 Å². The van der Waals surface area contributed by atoms with Crippen LogP contribution in [0.1, 0.15) is 4.88 Å². The smallest absolute Gasteiger partial charge is 0.0934 e. The fraction of sp³-hybridized carbons (Fsp3) is 0.143. The van der Waals surface area contributed by atoms with Crippen LogP contribution in [0.4, 0.5) is 0 Å². The van der Waals surface area contributed by atoms with Crippen LogP contribution in [-0.4, -0.2) is 7.11 Å². The summed E-state index contributed by atoms with van der Waals surface area (Å²) in [4.78, 5) is 5.70. The van der Waals surface area contributed by atoms with Crippen LogP contribution >= 0.6 is 22.9 Å². The summed E-state index contributed by atoms with van der Waals surface area (Å²) in [5.74, 6) is 0.